The molecule has 118 valence electrons. The molecule has 1 aromatic heterocycles. The topological polar surface area (TPSA) is 66.9 Å². The van der Waals surface area contributed by atoms with Crippen LogP contribution >= 0.6 is 12.4 Å². The maximum Gasteiger partial charge on any atom is 0.224 e. The van der Waals surface area contributed by atoms with E-state index in [1.165, 1.54) is 6.42 Å². The number of hydrogen-bond acceptors (Lipinski definition) is 4. The summed E-state index contributed by atoms with van der Waals surface area (Å²) < 4.78 is 0. The van der Waals surface area contributed by atoms with Gasteiger partial charge in [0, 0.05) is 11.8 Å². The van der Waals surface area contributed by atoms with Crippen LogP contribution in [0, 0.1) is 5.92 Å². The molecule has 0 saturated carbocycles. The summed E-state index contributed by atoms with van der Waals surface area (Å²) in [4.78, 5) is 20.5. The average molecular weight is 313 g/mol. The number of aromatic nitrogens is 2. The fourth-order valence-electron chi connectivity index (χ4n) is 2.30. The lowest BCUT2D eigenvalue weighted by Crippen LogP contribution is -2.18. The van der Waals surface area contributed by atoms with Crippen LogP contribution in [0.3, 0.4) is 0 Å². The molecule has 0 bridgehead atoms. The van der Waals surface area contributed by atoms with E-state index < -0.39 is 0 Å². The predicted octanol–water partition coefficient (Wildman–Crippen LogP) is 2.52. The minimum Gasteiger partial charge on any atom is -0.323 e. The van der Waals surface area contributed by atoms with Crippen molar-refractivity contribution in [3.63, 3.8) is 0 Å². The Labute approximate surface area is 132 Å². The highest BCUT2D eigenvalue weighted by Gasteiger charge is 2.18. The molecule has 1 aliphatic rings. The van der Waals surface area contributed by atoms with Gasteiger partial charge < -0.3 is 10.6 Å². The van der Waals surface area contributed by atoms with Gasteiger partial charge in [-0.2, -0.15) is 0 Å². The van der Waals surface area contributed by atoms with Gasteiger partial charge in [-0.1, -0.05) is 20.8 Å². The van der Waals surface area contributed by atoms with Crippen LogP contribution in [-0.2, 0) is 10.2 Å². The number of anilines is 1. The van der Waals surface area contributed by atoms with Gasteiger partial charge >= 0.3 is 0 Å². The van der Waals surface area contributed by atoms with Gasteiger partial charge in [0.1, 0.15) is 5.82 Å². The highest BCUT2D eigenvalue weighted by molar-refractivity contribution is 5.90. The number of nitrogens with one attached hydrogen (secondary N) is 2. The number of carbonyl (C=O) groups is 1. The molecule has 1 aliphatic heterocycles. The Bertz CT molecular complexity index is 450. The first kappa shape index (κ1) is 17.9. The maximum absolute atomic E-state index is 11.9. The number of hydrogen-bond donors (Lipinski definition) is 2. The first-order valence-corrected chi connectivity index (χ1v) is 7.28. The zero-order chi connectivity index (χ0) is 14.6. The predicted molar refractivity (Wildman–Crippen MR) is 86.8 cm³/mol. The van der Waals surface area contributed by atoms with Gasteiger partial charge in [-0.3, -0.25) is 4.79 Å². The third kappa shape index (κ3) is 5.59. The number of nitrogens with zero attached hydrogens (tertiary/aromatic N) is 2. The van der Waals surface area contributed by atoms with Crippen LogP contribution in [0.4, 0.5) is 5.69 Å². The Morgan fingerprint density at radius 2 is 2.05 bits per heavy atom. The minimum atomic E-state index is -0.0714. The second-order valence-electron chi connectivity index (χ2n) is 6.49. The summed E-state index contributed by atoms with van der Waals surface area (Å²) in [6.45, 7) is 8.31. The van der Waals surface area contributed by atoms with Crippen molar-refractivity contribution in [2.45, 2.75) is 45.4 Å². The minimum absolute atomic E-state index is 0. The van der Waals surface area contributed by atoms with Crippen molar-refractivity contribution < 1.29 is 4.79 Å². The van der Waals surface area contributed by atoms with E-state index in [0.29, 0.717) is 18.0 Å². The summed E-state index contributed by atoms with van der Waals surface area (Å²) in [5, 5.41) is 6.17. The summed E-state index contributed by atoms with van der Waals surface area (Å²) in [5.41, 5.74) is 0.602. The van der Waals surface area contributed by atoms with E-state index in [0.717, 1.165) is 25.3 Å². The lowest BCUT2D eigenvalue weighted by atomic mass is 9.96. The largest absolute Gasteiger partial charge is 0.323 e. The quantitative estimate of drug-likeness (QED) is 0.896. The van der Waals surface area contributed by atoms with Crippen molar-refractivity contribution in [3.8, 4) is 0 Å². The lowest BCUT2D eigenvalue weighted by Gasteiger charge is -2.16. The summed E-state index contributed by atoms with van der Waals surface area (Å²) in [6.07, 6.45) is 6.05. The SMILES string of the molecule is CC(C)(C)c1ncc(NC(=O)CCC2CCNC2)cn1.Cl. The number of rotatable bonds is 4. The van der Waals surface area contributed by atoms with Crippen LogP contribution in [0.2, 0.25) is 0 Å². The zero-order valence-corrected chi connectivity index (χ0v) is 13.8. The summed E-state index contributed by atoms with van der Waals surface area (Å²) in [7, 11) is 0. The summed E-state index contributed by atoms with van der Waals surface area (Å²) in [6, 6.07) is 0. The van der Waals surface area contributed by atoms with Crippen LogP contribution in [-0.4, -0.2) is 29.0 Å². The molecule has 1 fully saturated rings. The third-order valence-electron chi connectivity index (χ3n) is 3.55. The molecular formula is C15H25ClN4O. The van der Waals surface area contributed by atoms with Gasteiger partial charge in [0.2, 0.25) is 5.91 Å². The van der Waals surface area contributed by atoms with Gasteiger partial charge in [-0.15, -0.1) is 12.4 Å². The smallest absolute Gasteiger partial charge is 0.224 e. The van der Waals surface area contributed by atoms with E-state index in [-0.39, 0.29) is 23.7 Å². The molecule has 1 aromatic rings. The fraction of sp³-hybridized carbons (Fsp3) is 0.667. The molecule has 2 rings (SSSR count). The molecule has 0 aromatic carbocycles. The van der Waals surface area contributed by atoms with E-state index in [4.69, 9.17) is 0 Å². The fourth-order valence-corrected chi connectivity index (χ4v) is 2.30. The van der Waals surface area contributed by atoms with Crippen LogP contribution in [0.25, 0.3) is 0 Å². The van der Waals surface area contributed by atoms with Crippen molar-refractivity contribution in [3.05, 3.63) is 18.2 Å². The third-order valence-corrected chi connectivity index (χ3v) is 3.55. The zero-order valence-electron chi connectivity index (χ0n) is 13.0. The Morgan fingerprint density at radius 3 is 2.57 bits per heavy atom. The molecular weight excluding hydrogens is 288 g/mol. The molecule has 21 heavy (non-hydrogen) atoms. The molecule has 5 nitrogen and oxygen atoms in total. The van der Waals surface area contributed by atoms with E-state index in [1.807, 2.05) is 0 Å². The molecule has 2 heterocycles. The van der Waals surface area contributed by atoms with Gasteiger partial charge in [-0.05, 0) is 31.8 Å². The van der Waals surface area contributed by atoms with Gasteiger partial charge in [0.05, 0.1) is 18.1 Å². The first-order valence-electron chi connectivity index (χ1n) is 7.28. The van der Waals surface area contributed by atoms with Crippen LogP contribution in [0.15, 0.2) is 12.4 Å². The molecule has 2 N–H and O–H groups in total. The van der Waals surface area contributed by atoms with Crippen LogP contribution < -0.4 is 10.6 Å². The van der Waals surface area contributed by atoms with Gasteiger partial charge in [0.25, 0.3) is 0 Å². The van der Waals surface area contributed by atoms with Crippen molar-refractivity contribution in [2.75, 3.05) is 18.4 Å². The second-order valence-corrected chi connectivity index (χ2v) is 6.49. The molecule has 1 atom stereocenters. The normalized spacial score (nSPS) is 18.1. The van der Waals surface area contributed by atoms with E-state index in [2.05, 4.69) is 41.4 Å². The lowest BCUT2D eigenvalue weighted by molar-refractivity contribution is -0.116. The monoisotopic (exact) mass is 312 g/mol. The summed E-state index contributed by atoms with van der Waals surface area (Å²) >= 11 is 0. The molecule has 1 unspecified atom stereocenters. The Morgan fingerprint density at radius 1 is 1.38 bits per heavy atom. The van der Waals surface area contributed by atoms with E-state index in [1.54, 1.807) is 12.4 Å². The summed E-state index contributed by atoms with van der Waals surface area (Å²) in [5.74, 6) is 1.47. The van der Waals surface area contributed by atoms with Crippen LogP contribution in [0.1, 0.15) is 45.9 Å². The molecule has 1 amide bonds. The highest BCUT2D eigenvalue weighted by Crippen LogP contribution is 2.18. The molecule has 6 heteroatoms. The standard InChI is InChI=1S/C15H24N4O.ClH/c1-15(2,3)14-17-9-12(10-18-14)19-13(20)5-4-11-6-7-16-8-11;/h9-11,16H,4-8H2,1-3H3,(H,19,20);1H. The van der Waals surface area contributed by atoms with Crippen molar-refractivity contribution in [1.29, 1.82) is 0 Å². The molecule has 0 aliphatic carbocycles. The molecule has 0 spiro atoms. The maximum atomic E-state index is 11.9. The van der Waals surface area contributed by atoms with Crippen molar-refractivity contribution in [1.82, 2.24) is 15.3 Å². The first-order chi connectivity index (χ1) is 9.45. The van der Waals surface area contributed by atoms with Gasteiger partial charge in [-0.25, -0.2) is 9.97 Å². The van der Waals surface area contributed by atoms with Crippen molar-refractivity contribution in [2.24, 2.45) is 5.92 Å². The van der Waals surface area contributed by atoms with Crippen LogP contribution in [0.5, 0.6) is 0 Å². The Hall–Kier alpha value is -1.20. The molecule has 0 radical (unpaired) electrons. The highest BCUT2D eigenvalue weighted by atomic mass is 35.5. The van der Waals surface area contributed by atoms with Gasteiger partial charge in [0.15, 0.2) is 0 Å². The number of halogens is 1. The second kappa shape index (κ2) is 7.71. The molecule has 1 saturated heterocycles. The Kier molecular flexibility index (Phi) is 6.55. The number of carbonyl (C=O) groups excluding carboxylic acids is 1. The Balaban J connectivity index is 0.00000220. The number of amides is 1. The average Bonchev–Trinajstić information content (AvgIpc) is 2.89. The van der Waals surface area contributed by atoms with Crippen molar-refractivity contribution >= 4 is 24.0 Å². The van der Waals surface area contributed by atoms with E-state index >= 15 is 0 Å². The van der Waals surface area contributed by atoms with E-state index in [9.17, 15) is 4.79 Å².